The van der Waals surface area contributed by atoms with E-state index < -0.39 is 5.63 Å². The summed E-state index contributed by atoms with van der Waals surface area (Å²) in [5.74, 6) is 0.270. The molecule has 1 aromatic carbocycles. The van der Waals surface area contributed by atoms with Crippen LogP contribution in [0, 0.1) is 0 Å². The van der Waals surface area contributed by atoms with Crippen LogP contribution in [-0.2, 0) is 0 Å². The zero-order chi connectivity index (χ0) is 24.8. The molecule has 1 heterocycles. The summed E-state index contributed by atoms with van der Waals surface area (Å²) in [6.45, 7) is 9.24. The van der Waals surface area contributed by atoms with Crippen LogP contribution in [0.2, 0.25) is 0 Å². The Morgan fingerprint density at radius 1 is 0.971 bits per heavy atom. The number of hydrogen-bond donors (Lipinski definition) is 1. The van der Waals surface area contributed by atoms with Crippen LogP contribution in [-0.4, -0.2) is 18.3 Å². The molecule has 1 aromatic heterocycles. The lowest BCUT2D eigenvalue weighted by Gasteiger charge is -2.10. The van der Waals surface area contributed by atoms with Gasteiger partial charge in [0.05, 0.1) is 12.0 Å². The van der Waals surface area contributed by atoms with Crippen LogP contribution in [0.4, 0.5) is 0 Å². The maximum absolute atomic E-state index is 12.4. The van der Waals surface area contributed by atoms with Gasteiger partial charge in [-0.1, -0.05) is 69.1 Å². The molecule has 5 nitrogen and oxygen atoms in total. The van der Waals surface area contributed by atoms with Gasteiger partial charge in [-0.05, 0) is 58.2 Å². The van der Waals surface area contributed by atoms with Gasteiger partial charge in [-0.3, -0.25) is 0 Å². The first kappa shape index (κ1) is 27.6. The minimum atomic E-state index is -0.694. The van der Waals surface area contributed by atoms with Gasteiger partial charge in [-0.15, -0.1) is 0 Å². The summed E-state index contributed by atoms with van der Waals surface area (Å²) in [5, 5.41) is 11.0. The maximum atomic E-state index is 12.4. The van der Waals surface area contributed by atoms with Crippen LogP contribution in [0.15, 0.2) is 50.7 Å². The Kier molecular flexibility index (Phi) is 12.4. The molecule has 0 spiro atoms. The van der Waals surface area contributed by atoms with Crippen LogP contribution < -0.4 is 15.1 Å². The van der Waals surface area contributed by atoms with Gasteiger partial charge < -0.3 is 19.0 Å². The van der Waals surface area contributed by atoms with Crippen molar-refractivity contribution in [3.8, 4) is 17.2 Å². The molecule has 188 valence electrons. The molecule has 5 heteroatoms. The van der Waals surface area contributed by atoms with Gasteiger partial charge in [0.2, 0.25) is 5.75 Å². The van der Waals surface area contributed by atoms with Crippen molar-refractivity contribution in [3.63, 3.8) is 0 Å². The minimum Gasteiger partial charge on any atom is -0.504 e. The van der Waals surface area contributed by atoms with Crippen molar-refractivity contribution in [2.24, 2.45) is 0 Å². The van der Waals surface area contributed by atoms with E-state index in [0.29, 0.717) is 17.7 Å². The Hall–Kier alpha value is -2.69. The van der Waals surface area contributed by atoms with Gasteiger partial charge in [-0.2, -0.15) is 0 Å². The van der Waals surface area contributed by atoms with Crippen LogP contribution in [0.5, 0.6) is 17.2 Å². The number of fused-ring (bicyclic) bond motifs is 1. The predicted octanol–water partition coefficient (Wildman–Crippen LogP) is 8.09. The zero-order valence-electron chi connectivity index (χ0n) is 21.5. The maximum Gasteiger partial charge on any atom is 0.383 e. The smallest absolute Gasteiger partial charge is 0.383 e. The second-order valence-corrected chi connectivity index (χ2v) is 9.23. The molecule has 0 aliphatic carbocycles. The molecule has 0 fully saturated rings. The van der Waals surface area contributed by atoms with E-state index in [2.05, 4.69) is 26.8 Å². The quantitative estimate of drug-likeness (QED) is 0.152. The molecular weight excluding hydrogens is 428 g/mol. The van der Waals surface area contributed by atoms with E-state index in [4.69, 9.17) is 13.9 Å². The second-order valence-electron chi connectivity index (χ2n) is 9.23. The average Bonchev–Trinajstić information content (AvgIpc) is 2.79. The molecule has 0 saturated heterocycles. The first-order chi connectivity index (χ1) is 16.4. The lowest BCUT2D eigenvalue weighted by molar-refractivity contribution is 0.303. The van der Waals surface area contributed by atoms with Crippen molar-refractivity contribution in [2.75, 3.05) is 13.2 Å². The topological polar surface area (TPSA) is 68.9 Å². The molecule has 1 N–H and O–H groups in total. The number of rotatable bonds is 16. The Morgan fingerprint density at radius 2 is 1.68 bits per heavy atom. The number of aromatic hydroxyl groups is 1. The SMILES string of the molecule is CCCCCCCCCCOc1ccc2c(O)c(OCC=C(C)CCC=C(C)C)c(=O)oc2c1. The summed E-state index contributed by atoms with van der Waals surface area (Å²) in [5.41, 5.74) is 2.06. The number of unbranched alkanes of at least 4 members (excludes halogenated alkanes) is 7. The molecule has 2 rings (SSSR count). The van der Waals surface area contributed by atoms with Gasteiger partial charge >= 0.3 is 5.63 Å². The Balaban J connectivity index is 1.87. The zero-order valence-corrected chi connectivity index (χ0v) is 21.5. The fraction of sp³-hybridized carbons (Fsp3) is 0.552. The summed E-state index contributed by atoms with van der Waals surface area (Å²) in [4.78, 5) is 12.4. The summed E-state index contributed by atoms with van der Waals surface area (Å²) in [6.07, 6.45) is 15.9. The average molecular weight is 471 g/mol. The van der Waals surface area contributed by atoms with Crippen molar-refractivity contribution in [1.29, 1.82) is 0 Å². The Labute approximate surface area is 204 Å². The molecule has 0 bridgehead atoms. The van der Waals surface area contributed by atoms with Crippen molar-refractivity contribution in [1.82, 2.24) is 0 Å². The van der Waals surface area contributed by atoms with Crippen molar-refractivity contribution >= 4 is 11.0 Å². The molecule has 0 unspecified atom stereocenters. The minimum absolute atomic E-state index is 0.159. The van der Waals surface area contributed by atoms with Gasteiger partial charge in [0, 0.05) is 6.07 Å². The van der Waals surface area contributed by atoms with Crippen LogP contribution in [0.3, 0.4) is 0 Å². The largest absolute Gasteiger partial charge is 0.504 e. The lowest BCUT2D eigenvalue weighted by atomic mass is 10.1. The molecule has 2 aromatic rings. The monoisotopic (exact) mass is 470 g/mol. The third-order valence-corrected chi connectivity index (χ3v) is 5.83. The molecule has 0 atom stereocenters. The molecule has 34 heavy (non-hydrogen) atoms. The molecular formula is C29H42O5. The third kappa shape index (κ3) is 9.66. The first-order valence-electron chi connectivity index (χ1n) is 12.8. The van der Waals surface area contributed by atoms with Gasteiger partial charge in [-0.25, -0.2) is 4.79 Å². The van der Waals surface area contributed by atoms with Crippen LogP contribution in [0.1, 0.15) is 91.9 Å². The standard InChI is InChI=1S/C29H42O5/c1-5-6-7-8-9-10-11-12-19-32-24-16-17-25-26(21-24)34-29(31)28(27(25)30)33-20-18-23(4)15-13-14-22(2)3/h14,16-18,21,30H,5-13,15,19-20H2,1-4H3. The third-order valence-electron chi connectivity index (χ3n) is 5.83. The number of hydrogen-bond acceptors (Lipinski definition) is 5. The highest BCUT2D eigenvalue weighted by Gasteiger charge is 2.16. The van der Waals surface area contributed by atoms with Crippen molar-refractivity contribution < 1.29 is 19.0 Å². The van der Waals surface area contributed by atoms with Crippen molar-refractivity contribution in [2.45, 2.75) is 91.9 Å². The van der Waals surface area contributed by atoms with Gasteiger partial charge in [0.1, 0.15) is 17.9 Å². The second kappa shape index (κ2) is 15.3. The Morgan fingerprint density at radius 3 is 2.38 bits per heavy atom. The highest BCUT2D eigenvalue weighted by Crippen LogP contribution is 2.33. The summed E-state index contributed by atoms with van der Waals surface area (Å²) in [6, 6.07) is 5.13. The van der Waals surface area contributed by atoms with E-state index in [9.17, 15) is 9.90 Å². The summed E-state index contributed by atoms with van der Waals surface area (Å²) in [7, 11) is 0. The van der Waals surface area contributed by atoms with E-state index in [0.717, 1.165) is 25.7 Å². The fourth-order valence-electron chi connectivity index (χ4n) is 3.75. The molecule has 0 radical (unpaired) electrons. The van der Waals surface area contributed by atoms with E-state index in [-0.39, 0.29) is 23.7 Å². The lowest BCUT2D eigenvalue weighted by Crippen LogP contribution is -2.08. The van der Waals surface area contributed by atoms with E-state index in [1.54, 1.807) is 18.2 Å². The summed E-state index contributed by atoms with van der Waals surface area (Å²) >= 11 is 0. The molecule has 0 aliphatic heterocycles. The fourth-order valence-corrected chi connectivity index (χ4v) is 3.75. The van der Waals surface area contributed by atoms with E-state index in [1.165, 1.54) is 49.7 Å². The molecule has 0 aliphatic rings. The molecule has 0 amide bonds. The first-order valence-corrected chi connectivity index (χ1v) is 12.8. The van der Waals surface area contributed by atoms with E-state index >= 15 is 0 Å². The van der Waals surface area contributed by atoms with Crippen LogP contribution >= 0.6 is 0 Å². The van der Waals surface area contributed by atoms with Crippen molar-refractivity contribution in [3.05, 3.63) is 51.9 Å². The number of ether oxygens (including phenoxy) is 2. The molecule has 0 saturated carbocycles. The van der Waals surface area contributed by atoms with E-state index in [1.807, 2.05) is 13.0 Å². The van der Waals surface area contributed by atoms with Gasteiger partial charge in [0.15, 0.2) is 5.75 Å². The summed E-state index contributed by atoms with van der Waals surface area (Å²) < 4.78 is 16.8. The predicted molar refractivity (Wildman–Crippen MR) is 140 cm³/mol. The highest BCUT2D eigenvalue weighted by atomic mass is 16.5. The van der Waals surface area contributed by atoms with Gasteiger partial charge in [0.25, 0.3) is 0 Å². The number of benzene rings is 1. The highest BCUT2D eigenvalue weighted by molar-refractivity contribution is 5.86. The normalized spacial score (nSPS) is 11.6. The Bertz CT molecular complexity index is 995. The van der Waals surface area contributed by atoms with Crippen LogP contribution in [0.25, 0.3) is 11.0 Å². The number of allylic oxidation sites excluding steroid dienone is 3.